The number of anilines is 2. The van der Waals surface area contributed by atoms with Gasteiger partial charge in [-0.05, 0) is 19.9 Å². The van der Waals surface area contributed by atoms with Crippen molar-refractivity contribution in [2.24, 2.45) is 0 Å². The van der Waals surface area contributed by atoms with Crippen LogP contribution in [0.1, 0.15) is 17.2 Å². The Morgan fingerprint density at radius 3 is 2.28 bits per heavy atom. The van der Waals surface area contributed by atoms with E-state index in [0.29, 0.717) is 42.8 Å². The molecule has 0 spiro atoms. The molecule has 0 saturated carbocycles. The molecular weight excluding hydrogens is 357 g/mol. The van der Waals surface area contributed by atoms with E-state index in [4.69, 9.17) is 11.6 Å². The number of piperazine rings is 1. The molecule has 0 radical (unpaired) electrons. The maximum Gasteiger partial charge on any atom is 0.433 e. The van der Waals surface area contributed by atoms with Gasteiger partial charge in [-0.15, -0.1) is 0 Å². The largest absolute Gasteiger partial charge is 0.433 e. The van der Waals surface area contributed by atoms with Crippen molar-refractivity contribution < 1.29 is 13.2 Å². The lowest BCUT2D eigenvalue weighted by Crippen LogP contribution is -2.47. The summed E-state index contributed by atoms with van der Waals surface area (Å²) in [6.07, 6.45) is -2.94. The number of rotatable bonds is 2. The van der Waals surface area contributed by atoms with E-state index < -0.39 is 11.9 Å². The quantitative estimate of drug-likeness (QED) is 0.808. The third-order valence-electron chi connectivity index (χ3n) is 3.84. The predicted octanol–water partition coefficient (Wildman–Crippen LogP) is 2.88. The third-order valence-corrected chi connectivity index (χ3v) is 4.11. The van der Waals surface area contributed by atoms with E-state index in [1.165, 1.54) is 6.92 Å². The number of hydrogen-bond donors (Lipinski definition) is 0. The van der Waals surface area contributed by atoms with Gasteiger partial charge in [0.25, 0.3) is 0 Å². The van der Waals surface area contributed by atoms with Crippen LogP contribution < -0.4 is 9.80 Å². The lowest BCUT2D eigenvalue weighted by molar-refractivity contribution is -0.141. The highest BCUT2D eigenvalue weighted by atomic mass is 35.5. The molecular formula is C15H16ClF3N6. The van der Waals surface area contributed by atoms with E-state index in [1.807, 2.05) is 4.90 Å². The van der Waals surface area contributed by atoms with Crippen molar-refractivity contribution >= 4 is 23.4 Å². The van der Waals surface area contributed by atoms with Gasteiger partial charge in [-0.2, -0.15) is 13.2 Å². The molecule has 6 nitrogen and oxygen atoms in total. The van der Waals surface area contributed by atoms with Crippen LogP contribution in [0.25, 0.3) is 0 Å². The molecule has 0 atom stereocenters. The summed E-state index contributed by atoms with van der Waals surface area (Å²) in [5.74, 6) is 1.34. The number of aromatic nitrogens is 4. The first kappa shape index (κ1) is 17.7. The molecule has 2 aromatic heterocycles. The van der Waals surface area contributed by atoms with E-state index in [2.05, 4.69) is 19.9 Å². The smallest absolute Gasteiger partial charge is 0.352 e. The Kier molecular flexibility index (Phi) is 4.68. The van der Waals surface area contributed by atoms with Gasteiger partial charge in [-0.1, -0.05) is 11.6 Å². The van der Waals surface area contributed by atoms with E-state index in [9.17, 15) is 13.2 Å². The van der Waals surface area contributed by atoms with Crippen molar-refractivity contribution in [3.63, 3.8) is 0 Å². The number of halogens is 4. The highest BCUT2D eigenvalue weighted by molar-refractivity contribution is 6.32. The van der Waals surface area contributed by atoms with Crippen molar-refractivity contribution in [2.75, 3.05) is 36.0 Å². The van der Waals surface area contributed by atoms with Gasteiger partial charge in [0.1, 0.15) is 16.5 Å². The first-order chi connectivity index (χ1) is 11.7. The number of aryl methyl sites for hydroxylation is 2. The molecule has 1 fully saturated rings. The Balaban J connectivity index is 1.76. The number of hydrogen-bond acceptors (Lipinski definition) is 6. The minimum atomic E-state index is -4.49. The van der Waals surface area contributed by atoms with Crippen molar-refractivity contribution in [3.8, 4) is 0 Å². The summed E-state index contributed by atoms with van der Waals surface area (Å²) < 4.78 is 38.8. The van der Waals surface area contributed by atoms with Gasteiger partial charge in [0.05, 0.1) is 6.20 Å². The summed E-state index contributed by atoms with van der Waals surface area (Å²) in [6.45, 7) is 5.35. The molecule has 25 heavy (non-hydrogen) atoms. The summed E-state index contributed by atoms with van der Waals surface area (Å²) in [7, 11) is 0. The highest BCUT2D eigenvalue weighted by Gasteiger charge is 2.34. The number of nitrogens with zero attached hydrogens (tertiary/aromatic N) is 6. The average molecular weight is 373 g/mol. The van der Waals surface area contributed by atoms with Crippen molar-refractivity contribution in [1.82, 2.24) is 19.9 Å². The summed E-state index contributed by atoms with van der Waals surface area (Å²) in [6, 6.07) is 0.948. The molecule has 0 aromatic carbocycles. The fourth-order valence-corrected chi connectivity index (χ4v) is 2.83. The monoisotopic (exact) mass is 372 g/mol. The van der Waals surface area contributed by atoms with Crippen LogP contribution in [0.15, 0.2) is 12.3 Å². The van der Waals surface area contributed by atoms with Gasteiger partial charge < -0.3 is 9.80 Å². The van der Waals surface area contributed by atoms with Crippen LogP contribution in [0, 0.1) is 13.8 Å². The van der Waals surface area contributed by atoms with Crippen LogP contribution in [0.2, 0.25) is 5.02 Å². The molecule has 0 bridgehead atoms. The molecule has 0 amide bonds. The first-order valence-corrected chi connectivity index (χ1v) is 8.04. The van der Waals surface area contributed by atoms with Crippen LogP contribution in [-0.2, 0) is 6.18 Å². The molecule has 0 aliphatic carbocycles. The van der Waals surface area contributed by atoms with Crippen LogP contribution in [0.3, 0.4) is 0 Å². The molecule has 1 saturated heterocycles. The first-order valence-electron chi connectivity index (χ1n) is 7.66. The second-order valence-electron chi connectivity index (χ2n) is 5.76. The lowest BCUT2D eigenvalue weighted by atomic mass is 10.3. The molecule has 10 heteroatoms. The fourth-order valence-electron chi connectivity index (χ4n) is 2.62. The maximum absolute atomic E-state index is 12.9. The summed E-state index contributed by atoms with van der Waals surface area (Å²) >= 11 is 6.14. The summed E-state index contributed by atoms with van der Waals surface area (Å²) in [4.78, 5) is 19.9. The maximum atomic E-state index is 12.9. The Bertz CT molecular complexity index is 774. The molecule has 0 N–H and O–H groups in total. The second kappa shape index (κ2) is 6.62. The Hall–Kier alpha value is -2.16. The molecule has 2 aromatic rings. The van der Waals surface area contributed by atoms with Gasteiger partial charge in [-0.3, -0.25) is 0 Å². The minimum absolute atomic E-state index is 0.0944. The van der Waals surface area contributed by atoms with Gasteiger partial charge >= 0.3 is 6.18 Å². The Morgan fingerprint density at radius 2 is 1.64 bits per heavy atom. The van der Waals surface area contributed by atoms with E-state index in [1.54, 1.807) is 18.0 Å². The molecule has 1 aliphatic heterocycles. The topological polar surface area (TPSA) is 58.0 Å². The zero-order chi connectivity index (χ0) is 18.2. The van der Waals surface area contributed by atoms with Gasteiger partial charge in [0.15, 0.2) is 5.82 Å². The van der Waals surface area contributed by atoms with Gasteiger partial charge in [0.2, 0.25) is 5.95 Å². The standard InChI is InChI=1S/C15H16ClF3N6/c1-9-7-12(15(17,18)19)23-14(21-9)25-5-3-24(4-6-25)13-11(16)8-20-10(2)22-13/h7-8H,3-6H2,1-2H3. The Morgan fingerprint density at radius 1 is 1.00 bits per heavy atom. The summed E-state index contributed by atoms with van der Waals surface area (Å²) in [5, 5.41) is 0.449. The van der Waals surface area contributed by atoms with Crippen molar-refractivity contribution in [2.45, 2.75) is 20.0 Å². The highest BCUT2D eigenvalue weighted by Crippen LogP contribution is 2.30. The van der Waals surface area contributed by atoms with Crippen LogP contribution >= 0.6 is 11.6 Å². The van der Waals surface area contributed by atoms with Crippen LogP contribution in [0.4, 0.5) is 24.9 Å². The normalized spacial score (nSPS) is 15.6. The molecule has 3 heterocycles. The second-order valence-corrected chi connectivity index (χ2v) is 6.16. The van der Waals surface area contributed by atoms with E-state index in [-0.39, 0.29) is 11.6 Å². The van der Waals surface area contributed by atoms with Gasteiger partial charge in [-0.25, -0.2) is 19.9 Å². The van der Waals surface area contributed by atoms with Crippen molar-refractivity contribution in [1.29, 1.82) is 0 Å². The minimum Gasteiger partial charge on any atom is -0.352 e. The molecule has 0 unspecified atom stereocenters. The van der Waals surface area contributed by atoms with Gasteiger partial charge in [0, 0.05) is 31.9 Å². The third kappa shape index (κ3) is 3.92. The fraction of sp³-hybridized carbons (Fsp3) is 0.467. The zero-order valence-corrected chi connectivity index (χ0v) is 14.4. The van der Waals surface area contributed by atoms with Crippen molar-refractivity contribution in [3.05, 3.63) is 34.5 Å². The SMILES string of the molecule is Cc1cc(C(F)(F)F)nc(N2CCN(c3nc(C)ncc3Cl)CC2)n1. The molecule has 1 aliphatic rings. The van der Waals surface area contributed by atoms with Crippen LogP contribution in [-0.4, -0.2) is 46.1 Å². The predicted molar refractivity (Wildman–Crippen MR) is 88.0 cm³/mol. The zero-order valence-electron chi connectivity index (χ0n) is 13.7. The van der Waals surface area contributed by atoms with Crippen LogP contribution in [0.5, 0.6) is 0 Å². The summed E-state index contributed by atoms with van der Waals surface area (Å²) in [5.41, 5.74) is -0.638. The Labute approximate surface area is 147 Å². The number of alkyl halides is 3. The lowest BCUT2D eigenvalue weighted by Gasteiger charge is -2.35. The van der Waals surface area contributed by atoms with E-state index >= 15 is 0 Å². The van der Waals surface area contributed by atoms with E-state index in [0.717, 1.165) is 6.07 Å². The molecule has 134 valence electrons. The average Bonchev–Trinajstić information content (AvgIpc) is 2.56. The molecule has 3 rings (SSSR count).